The third-order valence-corrected chi connectivity index (χ3v) is 9.22. The van der Waals surface area contributed by atoms with Crippen LogP contribution in [0.15, 0.2) is 0 Å². The molecule has 1 atom stereocenters. The van der Waals surface area contributed by atoms with Crippen LogP contribution in [0.3, 0.4) is 0 Å². The summed E-state index contributed by atoms with van der Waals surface area (Å²) in [5, 5.41) is 0. The largest absolute Gasteiger partial charge is 0.168 e. The van der Waals surface area contributed by atoms with Crippen molar-refractivity contribution >= 4 is 18.5 Å². The van der Waals surface area contributed by atoms with E-state index in [1.165, 1.54) is 160 Å². The van der Waals surface area contributed by atoms with Crippen molar-refractivity contribution in [3.8, 4) is 0 Å². The molecular formula is C30H63ClSi. The molecule has 0 aromatic carbocycles. The van der Waals surface area contributed by atoms with E-state index in [1.54, 1.807) is 0 Å². The molecule has 0 aliphatic rings. The fourth-order valence-electron chi connectivity index (χ4n) is 5.23. The van der Waals surface area contributed by atoms with Gasteiger partial charge in [-0.25, -0.2) is 0 Å². The highest BCUT2D eigenvalue weighted by Crippen LogP contribution is 2.29. The topological polar surface area (TPSA) is 0 Å². The van der Waals surface area contributed by atoms with Crippen molar-refractivity contribution in [2.45, 2.75) is 187 Å². The molecule has 1 unspecified atom stereocenters. The maximum Gasteiger partial charge on any atom is 0.150 e. The van der Waals surface area contributed by atoms with E-state index in [0.29, 0.717) is 0 Å². The van der Waals surface area contributed by atoms with Gasteiger partial charge in [0.25, 0.3) is 0 Å². The molecule has 0 nitrogen and oxygen atoms in total. The van der Waals surface area contributed by atoms with Crippen molar-refractivity contribution in [1.82, 2.24) is 0 Å². The molecule has 0 aliphatic carbocycles. The number of hydrogen-bond acceptors (Lipinski definition) is 0. The molecule has 0 saturated carbocycles. The van der Waals surface area contributed by atoms with E-state index >= 15 is 0 Å². The molecule has 0 fully saturated rings. The number of hydrogen-bond donors (Lipinski definition) is 0. The van der Waals surface area contributed by atoms with Crippen molar-refractivity contribution in [2.75, 3.05) is 0 Å². The third kappa shape index (κ3) is 26.8. The van der Waals surface area contributed by atoms with Crippen molar-refractivity contribution < 1.29 is 0 Å². The second-order valence-corrected chi connectivity index (χ2v) is 18.4. The predicted octanol–water partition coefficient (Wildman–Crippen LogP) is 12.4. The van der Waals surface area contributed by atoms with Gasteiger partial charge < -0.3 is 0 Å². The van der Waals surface area contributed by atoms with E-state index in [1.807, 2.05) is 0 Å². The molecule has 194 valence electrons. The van der Waals surface area contributed by atoms with Crippen LogP contribution < -0.4 is 0 Å². The van der Waals surface area contributed by atoms with E-state index in [2.05, 4.69) is 26.9 Å². The lowest BCUT2D eigenvalue weighted by Crippen LogP contribution is -2.21. The Hall–Kier alpha value is 0.507. The van der Waals surface area contributed by atoms with Gasteiger partial charge in [0.2, 0.25) is 0 Å². The van der Waals surface area contributed by atoms with Crippen molar-refractivity contribution in [3.63, 3.8) is 0 Å². The third-order valence-electron chi connectivity index (χ3n) is 7.21. The Morgan fingerprint density at radius 2 is 0.688 bits per heavy atom. The fraction of sp³-hybridized carbons (Fsp3) is 1.00. The van der Waals surface area contributed by atoms with Crippen LogP contribution in [0.2, 0.25) is 19.1 Å². The minimum atomic E-state index is -1.45. The maximum absolute atomic E-state index is 6.75. The molecule has 0 heterocycles. The highest BCUT2D eigenvalue weighted by atomic mass is 35.6. The fourth-order valence-corrected chi connectivity index (χ4v) is 7.67. The van der Waals surface area contributed by atoms with Crippen LogP contribution in [0.1, 0.15) is 168 Å². The maximum atomic E-state index is 6.75. The Morgan fingerprint density at radius 3 is 0.938 bits per heavy atom. The first-order chi connectivity index (χ1) is 15.5. The quantitative estimate of drug-likeness (QED) is 0.0647. The molecule has 0 saturated heterocycles. The highest BCUT2D eigenvalue weighted by molar-refractivity contribution is 7.19. The van der Waals surface area contributed by atoms with E-state index in [0.717, 1.165) is 5.92 Å². The van der Waals surface area contributed by atoms with Crippen molar-refractivity contribution in [3.05, 3.63) is 0 Å². The minimum Gasteiger partial charge on any atom is -0.168 e. The zero-order chi connectivity index (χ0) is 23.8. The van der Waals surface area contributed by atoms with Gasteiger partial charge in [0.15, 0.2) is 7.38 Å². The summed E-state index contributed by atoms with van der Waals surface area (Å²) >= 11 is 6.75. The average Bonchev–Trinajstić information content (AvgIpc) is 2.74. The van der Waals surface area contributed by atoms with E-state index in [-0.39, 0.29) is 0 Å². The van der Waals surface area contributed by atoms with Crippen molar-refractivity contribution in [2.24, 2.45) is 5.92 Å². The monoisotopic (exact) mass is 486 g/mol. The lowest BCUT2D eigenvalue weighted by molar-refractivity contribution is 0.427. The molecular weight excluding hydrogens is 424 g/mol. The van der Waals surface area contributed by atoms with Crippen LogP contribution in [0.5, 0.6) is 0 Å². The standard InChI is InChI=1S/C30H63ClSi/c1-5-7-9-11-13-15-16-17-18-20-22-24-26-28-30(29-32(3,4)31)27-25-23-21-19-14-12-10-8-6-2/h30H,5-29H2,1-4H3. The number of unbranched alkanes of at least 4 members (excludes halogenated alkanes) is 20. The molecule has 0 aliphatic heterocycles. The highest BCUT2D eigenvalue weighted by Gasteiger charge is 2.22. The van der Waals surface area contributed by atoms with E-state index in [4.69, 9.17) is 11.1 Å². The Kier molecular flexibility index (Phi) is 25.0. The lowest BCUT2D eigenvalue weighted by Gasteiger charge is -2.23. The van der Waals surface area contributed by atoms with E-state index < -0.39 is 7.38 Å². The molecule has 2 heteroatoms. The van der Waals surface area contributed by atoms with Gasteiger partial charge in [0, 0.05) is 0 Å². The predicted molar refractivity (Wildman–Crippen MR) is 154 cm³/mol. The summed E-state index contributed by atoms with van der Waals surface area (Å²) in [6, 6.07) is 1.34. The van der Waals surface area contributed by atoms with Gasteiger partial charge in [-0.3, -0.25) is 0 Å². The molecule has 0 rings (SSSR count). The van der Waals surface area contributed by atoms with Gasteiger partial charge in [0.1, 0.15) is 0 Å². The average molecular weight is 487 g/mol. The molecule has 0 radical (unpaired) electrons. The SMILES string of the molecule is CCCCCCCCCCCCCCCC(CCCCCCCCCCC)C[Si](C)(C)Cl. The van der Waals surface area contributed by atoms with Gasteiger partial charge in [-0.05, 0) is 12.0 Å². The van der Waals surface area contributed by atoms with Crippen LogP contribution in [0.4, 0.5) is 0 Å². The zero-order valence-corrected chi connectivity index (χ0v) is 24.9. The van der Waals surface area contributed by atoms with Gasteiger partial charge >= 0.3 is 0 Å². The van der Waals surface area contributed by atoms with Crippen LogP contribution in [0, 0.1) is 5.92 Å². The smallest absolute Gasteiger partial charge is 0.150 e. The Balaban J connectivity index is 3.64. The van der Waals surface area contributed by atoms with Crippen molar-refractivity contribution in [1.29, 1.82) is 0 Å². The second-order valence-electron chi connectivity index (χ2n) is 11.4. The van der Waals surface area contributed by atoms with Crippen LogP contribution in [0.25, 0.3) is 0 Å². The van der Waals surface area contributed by atoms with Gasteiger partial charge in [0.05, 0.1) is 0 Å². The molecule has 0 spiro atoms. The van der Waals surface area contributed by atoms with Crippen LogP contribution in [-0.2, 0) is 0 Å². The van der Waals surface area contributed by atoms with Gasteiger partial charge in [-0.1, -0.05) is 181 Å². The molecule has 0 N–H and O–H groups in total. The summed E-state index contributed by atoms with van der Waals surface area (Å²) in [4.78, 5) is 0. The first-order valence-corrected chi connectivity index (χ1v) is 19.4. The first-order valence-electron chi connectivity index (χ1n) is 15.2. The van der Waals surface area contributed by atoms with Gasteiger partial charge in [-0.2, -0.15) is 11.1 Å². The van der Waals surface area contributed by atoms with Gasteiger partial charge in [-0.15, -0.1) is 0 Å². The minimum absolute atomic E-state index is 0.909. The number of halogens is 1. The zero-order valence-electron chi connectivity index (χ0n) is 23.1. The summed E-state index contributed by atoms with van der Waals surface area (Å²) in [6.07, 6.45) is 34.8. The molecule has 0 aromatic heterocycles. The summed E-state index contributed by atoms with van der Waals surface area (Å²) in [6.45, 7) is 9.31. The van der Waals surface area contributed by atoms with Crippen LogP contribution in [-0.4, -0.2) is 7.38 Å². The molecule has 0 amide bonds. The first kappa shape index (κ1) is 32.5. The summed E-state index contributed by atoms with van der Waals surface area (Å²) in [5.41, 5.74) is 0. The normalized spacial score (nSPS) is 13.0. The molecule has 0 bridgehead atoms. The summed E-state index contributed by atoms with van der Waals surface area (Å²) in [7, 11) is -1.45. The summed E-state index contributed by atoms with van der Waals surface area (Å²) < 4.78 is 0. The second kappa shape index (κ2) is 24.6. The number of rotatable bonds is 26. The molecule has 0 aromatic rings. The summed E-state index contributed by atoms with van der Waals surface area (Å²) in [5.74, 6) is 0.909. The molecule has 32 heavy (non-hydrogen) atoms. The Bertz CT molecular complexity index is 349. The lowest BCUT2D eigenvalue weighted by atomic mass is 9.95. The Labute approximate surface area is 211 Å². The van der Waals surface area contributed by atoms with Crippen LogP contribution >= 0.6 is 11.1 Å². The van der Waals surface area contributed by atoms with E-state index in [9.17, 15) is 0 Å². The Morgan fingerprint density at radius 1 is 0.438 bits per heavy atom.